The van der Waals surface area contributed by atoms with E-state index >= 15 is 0 Å². The average molecular weight is 491 g/mol. The second-order valence-electron chi connectivity index (χ2n) is 9.38. The first kappa shape index (κ1) is 24.5. The molecule has 4 rings (SSSR count). The normalized spacial score (nSPS) is 20.3. The molecule has 1 aromatic carbocycles. The standard InChI is InChI=1S/C26H29F3N2O2S/c1-15-11-16(2)14-31(13-15)23(19-7-5-8-20(12-19)26(27,28)29)22-17(3)18(4)34-25(22)30-24(32)21-9-6-10-33-21/h5-10,12,15-16,23H,11,13-14H2,1-4H3,(H,30,32)/t15-,16+,23-/m1/s1. The van der Waals surface area contributed by atoms with Crippen molar-refractivity contribution in [3.63, 3.8) is 0 Å². The Morgan fingerprint density at radius 2 is 1.85 bits per heavy atom. The van der Waals surface area contributed by atoms with Crippen molar-refractivity contribution in [2.24, 2.45) is 11.8 Å². The van der Waals surface area contributed by atoms with E-state index in [1.807, 2.05) is 13.8 Å². The summed E-state index contributed by atoms with van der Waals surface area (Å²) in [5.41, 5.74) is 1.74. The summed E-state index contributed by atoms with van der Waals surface area (Å²) in [6, 6.07) is 8.39. The maximum absolute atomic E-state index is 13.6. The molecule has 2 aromatic heterocycles. The molecular formula is C26H29F3N2O2S. The summed E-state index contributed by atoms with van der Waals surface area (Å²) in [7, 11) is 0. The third-order valence-corrected chi connectivity index (χ3v) is 7.61. The van der Waals surface area contributed by atoms with Gasteiger partial charge in [0.2, 0.25) is 0 Å². The van der Waals surface area contributed by atoms with Crippen LogP contribution in [0.2, 0.25) is 0 Å². The fraction of sp³-hybridized carbons (Fsp3) is 0.423. The summed E-state index contributed by atoms with van der Waals surface area (Å²) < 4.78 is 46.1. The third kappa shape index (κ3) is 5.08. The molecule has 0 radical (unpaired) electrons. The second-order valence-corrected chi connectivity index (χ2v) is 10.6. The summed E-state index contributed by atoms with van der Waals surface area (Å²) in [6.07, 6.45) is -1.92. The highest BCUT2D eigenvalue weighted by atomic mass is 32.1. The van der Waals surface area contributed by atoms with Gasteiger partial charge in [0.1, 0.15) is 5.00 Å². The first-order valence-corrected chi connectivity index (χ1v) is 12.2. The van der Waals surface area contributed by atoms with Crippen molar-refractivity contribution in [3.05, 3.63) is 75.6 Å². The van der Waals surface area contributed by atoms with Crippen molar-refractivity contribution in [1.82, 2.24) is 4.90 Å². The Morgan fingerprint density at radius 3 is 2.47 bits per heavy atom. The lowest BCUT2D eigenvalue weighted by Crippen LogP contribution is -2.41. The molecule has 3 aromatic rings. The Bertz CT molecular complexity index is 1140. The van der Waals surface area contributed by atoms with Crippen LogP contribution in [0.1, 0.15) is 64.0 Å². The van der Waals surface area contributed by atoms with E-state index in [2.05, 4.69) is 24.1 Å². The molecule has 182 valence electrons. The predicted octanol–water partition coefficient (Wildman–Crippen LogP) is 7.30. The van der Waals surface area contributed by atoms with Gasteiger partial charge in [-0.15, -0.1) is 11.3 Å². The number of anilines is 1. The second kappa shape index (κ2) is 9.58. The highest BCUT2D eigenvalue weighted by Gasteiger charge is 2.36. The quantitative estimate of drug-likeness (QED) is 0.408. The van der Waals surface area contributed by atoms with Gasteiger partial charge in [0.25, 0.3) is 5.91 Å². The van der Waals surface area contributed by atoms with Crippen LogP contribution in [0.3, 0.4) is 0 Å². The van der Waals surface area contributed by atoms with E-state index < -0.39 is 17.8 Å². The monoisotopic (exact) mass is 490 g/mol. The molecule has 0 spiro atoms. The Kier molecular flexibility index (Phi) is 6.92. The lowest BCUT2D eigenvalue weighted by Gasteiger charge is -2.41. The lowest BCUT2D eigenvalue weighted by molar-refractivity contribution is -0.137. The van der Waals surface area contributed by atoms with E-state index in [0.717, 1.165) is 41.6 Å². The van der Waals surface area contributed by atoms with E-state index in [9.17, 15) is 18.0 Å². The van der Waals surface area contributed by atoms with Crippen LogP contribution in [-0.2, 0) is 6.18 Å². The summed E-state index contributed by atoms with van der Waals surface area (Å²) in [5.74, 6) is 0.637. The molecule has 8 heteroatoms. The average Bonchev–Trinajstić information content (AvgIpc) is 3.38. The first-order chi connectivity index (χ1) is 16.0. The topological polar surface area (TPSA) is 45.5 Å². The number of nitrogens with one attached hydrogen (secondary N) is 1. The molecule has 1 amide bonds. The van der Waals surface area contributed by atoms with Gasteiger partial charge in [-0.2, -0.15) is 13.2 Å². The maximum Gasteiger partial charge on any atom is 0.416 e. The number of aryl methyl sites for hydroxylation is 1. The van der Waals surface area contributed by atoms with E-state index in [-0.39, 0.29) is 11.7 Å². The van der Waals surface area contributed by atoms with Gasteiger partial charge in [-0.25, -0.2) is 0 Å². The zero-order chi connectivity index (χ0) is 24.6. The van der Waals surface area contributed by atoms with Gasteiger partial charge in [-0.3, -0.25) is 9.69 Å². The smallest absolute Gasteiger partial charge is 0.416 e. The van der Waals surface area contributed by atoms with Crippen LogP contribution in [0.15, 0.2) is 47.1 Å². The number of hydrogen-bond donors (Lipinski definition) is 1. The molecule has 1 aliphatic rings. The number of likely N-dealkylation sites (tertiary alicyclic amines) is 1. The number of carbonyl (C=O) groups excluding carboxylic acids is 1. The van der Waals surface area contributed by atoms with Crippen LogP contribution in [-0.4, -0.2) is 23.9 Å². The number of piperidine rings is 1. The number of rotatable bonds is 5. The number of nitrogens with zero attached hydrogens (tertiary/aromatic N) is 1. The molecule has 3 heterocycles. The summed E-state index contributed by atoms with van der Waals surface area (Å²) in [6.45, 7) is 9.84. The molecule has 1 saturated heterocycles. The Morgan fingerprint density at radius 1 is 1.15 bits per heavy atom. The minimum atomic E-state index is -4.43. The van der Waals surface area contributed by atoms with Gasteiger partial charge >= 0.3 is 6.18 Å². The van der Waals surface area contributed by atoms with E-state index in [1.54, 1.807) is 18.2 Å². The molecule has 1 aliphatic heterocycles. The summed E-state index contributed by atoms with van der Waals surface area (Å²) >= 11 is 1.44. The number of benzene rings is 1. The van der Waals surface area contributed by atoms with Crippen molar-refractivity contribution >= 4 is 22.2 Å². The molecular weight excluding hydrogens is 461 g/mol. The van der Waals surface area contributed by atoms with Crippen molar-refractivity contribution in [2.75, 3.05) is 18.4 Å². The Labute approximate surface area is 201 Å². The largest absolute Gasteiger partial charge is 0.459 e. The minimum Gasteiger partial charge on any atom is -0.459 e. The third-order valence-electron chi connectivity index (χ3n) is 6.47. The van der Waals surface area contributed by atoms with Crippen LogP contribution >= 0.6 is 11.3 Å². The molecule has 1 fully saturated rings. The van der Waals surface area contributed by atoms with E-state index in [0.29, 0.717) is 22.4 Å². The molecule has 0 unspecified atom stereocenters. The van der Waals surface area contributed by atoms with Crippen LogP contribution < -0.4 is 5.32 Å². The number of halogens is 3. The van der Waals surface area contributed by atoms with Gasteiger partial charge in [0.15, 0.2) is 5.76 Å². The molecule has 3 atom stereocenters. The van der Waals surface area contributed by atoms with Gasteiger partial charge in [0.05, 0.1) is 17.9 Å². The van der Waals surface area contributed by atoms with Crippen molar-refractivity contribution in [1.29, 1.82) is 0 Å². The fourth-order valence-electron chi connectivity index (χ4n) is 5.01. The zero-order valence-electron chi connectivity index (χ0n) is 19.7. The van der Waals surface area contributed by atoms with Crippen LogP contribution in [0.25, 0.3) is 0 Å². The first-order valence-electron chi connectivity index (χ1n) is 11.4. The zero-order valence-corrected chi connectivity index (χ0v) is 20.5. The predicted molar refractivity (Wildman–Crippen MR) is 128 cm³/mol. The number of thiophene rings is 1. The van der Waals surface area contributed by atoms with Gasteiger partial charge in [0, 0.05) is 23.5 Å². The van der Waals surface area contributed by atoms with Gasteiger partial charge in [-0.1, -0.05) is 26.0 Å². The number of carbonyl (C=O) groups is 1. The van der Waals surface area contributed by atoms with Crippen molar-refractivity contribution < 1.29 is 22.4 Å². The fourth-order valence-corrected chi connectivity index (χ4v) is 6.09. The number of alkyl halides is 3. The van der Waals surface area contributed by atoms with Crippen molar-refractivity contribution in [2.45, 2.75) is 46.3 Å². The number of furan rings is 1. The molecule has 0 saturated carbocycles. The lowest BCUT2D eigenvalue weighted by atomic mass is 9.87. The number of hydrogen-bond acceptors (Lipinski definition) is 4. The Hall–Kier alpha value is -2.58. The van der Waals surface area contributed by atoms with Crippen LogP contribution in [0.5, 0.6) is 0 Å². The molecule has 34 heavy (non-hydrogen) atoms. The molecule has 4 nitrogen and oxygen atoms in total. The van der Waals surface area contributed by atoms with E-state index in [1.165, 1.54) is 29.7 Å². The summed E-state index contributed by atoms with van der Waals surface area (Å²) in [5, 5.41) is 3.61. The molecule has 0 bridgehead atoms. The molecule has 0 aliphatic carbocycles. The van der Waals surface area contributed by atoms with Gasteiger partial charge in [-0.05, 0) is 67.5 Å². The van der Waals surface area contributed by atoms with E-state index in [4.69, 9.17) is 4.42 Å². The SMILES string of the molecule is Cc1sc(NC(=O)c2ccco2)c([C@@H](c2cccc(C(F)(F)F)c2)N2C[C@H](C)C[C@H](C)C2)c1C. The van der Waals surface area contributed by atoms with Crippen LogP contribution in [0.4, 0.5) is 18.2 Å². The maximum atomic E-state index is 13.6. The highest BCUT2D eigenvalue weighted by Crippen LogP contribution is 2.45. The van der Waals surface area contributed by atoms with Crippen molar-refractivity contribution in [3.8, 4) is 0 Å². The Balaban J connectivity index is 1.84. The van der Waals surface area contributed by atoms with Gasteiger partial charge < -0.3 is 9.73 Å². The molecule has 1 N–H and O–H groups in total. The highest BCUT2D eigenvalue weighted by molar-refractivity contribution is 7.16. The van der Waals surface area contributed by atoms with Crippen LogP contribution in [0, 0.1) is 25.7 Å². The summed E-state index contributed by atoms with van der Waals surface area (Å²) in [4.78, 5) is 16.1. The number of amides is 1. The minimum absolute atomic E-state index is 0.186.